The Morgan fingerprint density at radius 2 is 1.88 bits per heavy atom. The van der Waals surface area contributed by atoms with Crippen LogP contribution in [0.2, 0.25) is 0 Å². The van der Waals surface area contributed by atoms with Gasteiger partial charge < -0.3 is 19.7 Å². The number of rotatable bonds is 6. The quantitative estimate of drug-likeness (QED) is 0.647. The summed E-state index contributed by atoms with van der Waals surface area (Å²) < 4.78 is 10.4. The van der Waals surface area contributed by atoms with Crippen molar-refractivity contribution in [3.8, 4) is 17.6 Å². The van der Waals surface area contributed by atoms with E-state index >= 15 is 0 Å². The molecule has 1 N–H and O–H groups in total. The molecule has 0 unspecified atom stereocenters. The first-order valence-corrected chi connectivity index (χ1v) is 7.52. The summed E-state index contributed by atoms with van der Waals surface area (Å²) in [4.78, 5) is 14.2. The zero-order valence-corrected chi connectivity index (χ0v) is 14.3. The number of ether oxygens (including phenoxy) is 2. The average Bonchev–Trinajstić information content (AvgIpc) is 2.66. The highest BCUT2D eigenvalue weighted by Crippen LogP contribution is 2.29. The van der Waals surface area contributed by atoms with Crippen molar-refractivity contribution >= 4 is 17.3 Å². The van der Waals surface area contributed by atoms with Gasteiger partial charge in [-0.25, -0.2) is 0 Å². The predicted octanol–water partition coefficient (Wildman–Crippen LogP) is 3.19. The van der Waals surface area contributed by atoms with Crippen LogP contribution in [0.25, 0.3) is 0 Å². The van der Waals surface area contributed by atoms with Crippen LogP contribution in [0, 0.1) is 11.3 Å². The molecule has 1 amide bonds. The van der Waals surface area contributed by atoms with Crippen LogP contribution in [-0.2, 0) is 4.79 Å². The van der Waals surface area contributed by atoms with Gasteiger partial charge in [-0.05, 0) is 24.3 Å². The summed E-state index contributed by atoms with van der Waals surface area (Å²) in [5.74, 6) is 0.514. The molecule has 6 heteroatoms. The Morgan fingerprint density at radius 1 is 1.16 bits per heavy atom. The second-order valence-corrected chi connectivity index (χ2v) is 5.12. The molecule has 0 spiro atoms. The zero-order chi connectivity index (χ0) is 18.2. The van der Waals surface area contributed by atoms with E-state index in [0.717, 1.165) is 5.69 Å². The van der Waals surface area contributed by atoms with E-state index in [1.165, 1.54) is 20.4 Å². The number of nitrogens with one attached hydrogen (secondary N) is 1. The number of carbonyl (C=O) groups is 1. The minimum absolute atomic E-state index is 0.0313. The van der Waals surface area contributed by atoms with Crippen molar-refractivity contribution in [2.75, 3.05) is 31.5 Å². The lowest BCUT2D eigenvalue weighted by atomic mass is 10.2. The van der Waals surface area contributed by atoms with Gasteiger partial charge in [0.05, 0.1) is 19.9 Å². The SMILES string of the molecule is COc1ccc(OC)c(NC(=O)/C(C#N)=C\N(C)c2ccccc2)c1. The number of amides is 1. The van der Waals surface area contributed by atoms with E-state index in [1.54, 1.807) is 30.1 Å². The fourth-order valence-electron chi connectivity index (χ4n) is 2.17. The first-order valence-electron chi connectivity index (χ1n) is 7.52. The Bertz CT molecular complexity index is 810. The van der Waals surface area contributed by atoms with Gasteiger partial charge in [0.2, 0.25) is 0 Å². The Hall–Kier alpha value is -3.46. The molecule has 0 saturated carbocycles. The van der Waals surface area contributed by atoms with Crippen LogP contribution in [0.1, 0.15) is 0 Å². The van der Waals surface area contributed by atoms with Gasteiger partial charge in [0.1, 0.15) is 23.1 Å². The fraction of sp³-hybridized carbons (Fsp3) is 0.158. The summed E-state index contributed by atoms with van der Waals surface area (Å²) in [6.45, 7) is 0. The Labute approximate surface area is 146 Å². The van der Waals surface area contributed by atoms with Crippen LogP contribution >= 0.6 is 0 Å². The summed E-state index contributed by atoms with van der Waals surface area (Å²) in [6, 6.07) is 16.4. The molecule has 2 aromatic rings. The number of para-hydroxylation sites is 1. The number of hydrogen-bond acceptors (Lipinski definition) is 5. The van der Waals surface area contributed by atoms with Crippen molar-refractivity contribution in [1.82, 2.24) is 0 Å². The van der Waals surface area contributed by atoms with Gasteiger partial charge in [0.25, 0.3) is 5.91 Å². The van der Waals surface area contributed by atoms with Gasteiger partial charge in [0, 0.05) is 25.0 Å². The molecular formula is C19H19N3O3. The van der Waals surface area contributed by atoms with Gasteiger partial charge in [-0.2, -0.15) is 5.26 Å². The minimum atomic E-state index is -0.531. The number of nitriles is 1. The van der Waals surface area contributed by atoms with Gasteiger partial charge in [-0.1, -0.05) is 18.2 Å². The van der Waals surface area contributed by atoms with Crippen molar-refractivity contribution in [2.24, 2.45) is 0 Å². The number of benzene rings is 2. The van der Waals surface area contributed by atoms with E-state index in [2.05, 4.69) is 5.32 Å². The van der Waals surface area contributed by atoms with E-state index in [4.69, 9.17) is 9.47 Å². The maximum Gasteiger partial charge on any atom is 0.267 e. The van der Waals surface area contributed by atoms with Gasteiger partial charge in [-0.15, -0.1) is 0 Å². The number of anilines is 2. The second-order valence-electron chi connectivity index (χ2n) is 5.12. The topological polar surface area (TPSA) is 74.6 Å². The molecule has 0 aliphatic rings. The molecule has 2 rings (SSSR count). The minimum Gasteiger partial charge on any atom is -0.497 e. The number of hydrogen-bond donors (Lipinski definition) is 1. The van der Waals surface area contributed by atoms with Crippen molar-refractivity contribution in [3.63, 3.8) is 0 Å². The maximum atomic E-state index is 12.5. The molecule has 6 nitrogen and oxygen atoms in total. The lowest BCUT2D eigenvalue weighted by molar-refractivity contribution is -0.112. The molecule has 0 aliphatic heterocycles. The maximum absolute atomic E-state index is 12.5. The van der Waals surface area contributed by atoms with Crippen LogP contribution < -0.4 is 19.7 Å². The third kappa shape index (κ3) is 4.52. The van der Waals surface area contributed by atoms with E-state index < -0.39 is 5.91 Å². The molecule has 25 heavy (non-hydrogen) atoms. The Balaban J connectivity index is 2.23. The third-order valence-electron chi connectivity index (χ3n) is 3.51. The Morgan fingerprint density at radius 3 is 2.48 bits per heavy atom. The summed E-state index contributed by atoms with van der Waals surface area (Å²) >= 11 is 0. The molecule has 0 aliphatic carbocycles. The molecule has 0 heterocycles. The van der Waals surface area contributed by atoms with E-state index in [9.17, 15) is 10.1 Å². The molecule has 0 aromatic heterocycles. The highest BCUT2D eigenvalue weighted by Gasteiger charge is 2.14. The van der Waals surface area contributed by atoms with E-state index in [1.807, 2.05) is 36.4 Å². The number of carbonyl (C=O) groups excluding carboxylic acids is 1. The van der Waals surface area contributed by atoms with E-state index in [0.29, 0.717) is 17.2 Å². The van der Waals surface area contributed by atoms with Crippen LogP contribution in [0.15, 0.2) is 60.3 Å². The largest absolute Gasteiger partial charge is 0.497 e. The van der Waals surface area contributed by atoms with Crippen LogP contribution in [0.3, 0.4) is 0 Å². The lowest BCUT2D eigenvalue weighted by Gasteiger charge is -2.15. The molecule has 0 atom stereocenters. The average molecular weight is 337 g/mol. The van der Waals surface area contributed by atoms with Crippen LogP contribution in [0.4, 0.5) is 11.4 Å². The van der Waals surface area contributed by atoms with Gasteiger partial charge in [-0.3, -0.25) is 4.79 Å². The predicted molar refractivity (Wildman–Crippen MR) is 96.7 cm³/mol. The Kier molecular flexibility index (Phi) is 6.02. The summed E-state index contributed by atoms with van der Waals surface area (Å²) in [6.07, 6.45) is 1.48. The fourth-order valence-corrected chi connectivity index (χ4v) is 2.17. The normalized spacial score (nSPS) is 10.6. The molecule has 0 fully saturated rings. The van der Waals surface area contributed by atoms with Crippen LogP contribution in [0.5, 0.6) is 11.5 Å². The monoisotopic (exact) mass is 337 g/mol. The molecule has 0 bridgehead atoms. The first-order chi connectivity index (χ1) is 12.1. The molecule has 0 saturated heterocycles. The van der Waals surface area contributed by atoms with Gasteiger partial charge in [0.15, 0.2) is 0 Å². The van der Waals surface area contributed by atoms with Crippen molar-refractivity contribution in [2.45, 2.75) is 0 Å². The molecule has 0 radical (unpaired) electrons. The van der Waals surface area contributed by atoms with Crippen molar-refractivity contribution in [1.29, 1.82) is 5.26 Å². The summed E-state index contributed by atoms with van der Waals surface area (Å²) in [5, 5.41) is 12.0. The first kappa shape index (κ1) is 17.9. The van der Waals surface area contributed by atoms with Gasteiger partial charge >= 0.3 is 0 Å². The highest BCUT2D eigenvalue weighted by molar-refractivity contribution is 6.07. The van der Waals surface area contributed by atoms with Crippen LogP contribution in [-0.4, -0.2) is 27.2 Å². The van der Waals surface area contributed by atoms with E-state index in [-0.39, 0.29) is 5.57 Å². The van der Waals surface area contributed by atoms with Crippen molar-refractivity contribution in [3.05, 3.63) is 60.3 Å². The van der Waals surface area contributed by atoms with Crippen molar-refractivity contribution < 1.29 is 14.3 Å². The third-order valence-corrected chi connectivity index (χ3v) is 3.51. The number of nitrogens with zero attached hydrogens (tertiary/aromatic N) is 2. The lowest BCUT2D eigenvalue weighted by Crippen LogP contribution is -2.18. The number of methoxy groups -OCH3 is 2. The second kappa shape index (κ2) is 8.41. The zero-order valence-electron chi connectivity index (χ0n) is 14.3. The molecule has 128 valence electrons. The summed E-state index contributed by atoms with van der Waals surface area (Å²) in [5.41, 5.74) is 1.26. The smallest absolute Gasteiger partial charge is 0.267 e. The molecular weight excluding hydrogens is 318 g/mol. The summed E-state index contributed by atoms with van der Waals surface area (Å²) in [7, 11) is 4.80. The standard InChI is InChI=1S/C19H19N3O3/c1-22(15-7-5-4-6-8-15)13-14(12-20)19(23)21-17-11-16(24-2)9-10-18(17)25-3/h4-11,13H,1-3H3,(H,21,23)/b14-13-. The molecule has 2 aromatic carbocycles. The highest BCUT2D eigenvalue weighted by atomic mass is 16.5.